The molecule has 2 aromatic rings. The van der Waals surface area contributed by atoms with Gasteiger partial charge in [0.2, 0.25) is 0 Å². The number of rotatable bonds is 8. The molecular weight excluding hydrogens is 356 g/mol. The van der Waals surface area contributed by atoms with Gasteiger partial charge in [0.05, 0.1) is 17.9 Å². The maximum absolute atomic E-state index is 12.8. The molecule has 2 aromatic carbocycles. The van der Waals surface area contributed by atoms with Gasteiger partial charge in [-0.3, -0.25) is 9.59 Å². The van der Waals surface area contributed by atoms with Crippen LogP contribution < -0.4 is 10.1 Å². The van der Waals surface area contributed by atoms with Gasteiger partial charge in [-0.2, -0.15) is 0 Å². The van der Waals surface area contributed by atoms with E-state index in [4.69, 9.17) is 9.47 Å². The molecule has 0 saturated carbocycles. The zero-order chi connectivity index (χ0) is 19.8. The average Bonchev–Trinajstić information content (AvgIpc) is 3.26. The molecule has 6 heteroatoms. The molecule has 1 N–H and O–H groups in total. The summed E-state index contributed by atoms with van der Waals surface area (Å²) in [6.07, 6.45) is 2.05. The van der Waals surface area contributed by atoms with Gasteiger partial charge in [-0.05, 0) is 50.1 Å². The molecule has 0 aromatic heterocycles. The summed E-state index contributed by atoms with van der Waals surface area (Å²) in [4.78, 5) is 27.3. The Morgan fingerprint density at radius 2 is 1.82 bits per heavy atom. The summed E-state index contributed by atoms with van der Waals surface area (Å²) in [5, 5.41) is 2.87. The third-order valence-corrected chi connectivity index (χ3v) is 4.60. The first-order valence-electron chi connectivity index (χ1n) is 9.69. The van der Waals surface area contributed by atoms with Crippen LogP contribution in [0.2, 0.25) is 0 Å². The summed E-state index contributed by atoms with van der Waals surface area (Å²) in [6, 6.07) is 14.1. The molecule has 1 aliphatic rings. The van der Waals surface area contributed by atoms with Gasteiger partial charge in [0.15, 0.2) is 0 Å². The lowest BCUT2D eigenvalue weighted by Crippen LogP contribution is -2.28. The average molecular weight is 382 g/mol. The maximum Gasteiger partial charge on any atom is 0.255 e. The molecule has 0 unspecified atom stereocenters. The molecular formula is C22H26N2O4. The number of nitrogens with one attached hydrogen (secondary N) is 1. The molecule has 1 heterocycles. The molecule has 0 spiro atoms. The van der Waals surface area contributed by atoms with E-state index in [1.165, 1.54) is 0 Å². The highest BCUT2D eigenvalue weighted by molar-refractivity contribution is 6.09. The van der Waals surface area contributed by atoms with Crippen LogP contribution >= 0.6 is 0 Å². The number of nitrogens with zero attached hydrogens (tertiary/aromatic N) is 1. The molecule has 2 amide bonds. The smallest absolute Gasteiger partial charge is 0.255 e. The van der Waals surface area contributed by atoms with Crippen LogP contribution in [-0.4, -0.2) is 49.6 Å². The summed E-state index contributed by atoms with van der Waals surface area (Å²) >= 11 is 0. The van der Waals surface area contributed by atoms with Gasteiger partial charge in [0.25, 0.3) is 11.8 Å². The summed E-state index contributed by atoms with van der Waals surface area (Å²) in [7, 11) is 0. The van der Waals surface area contributed by atoms with Crippen LogP contribution in [0, 0.1) is 0 Å². The van der Waals surface area contributed by atoms with E-state index in [1.807, 2.05) is 24.0 Å². The second kappa shape index (κ2) is 9.90. The Morgan fingerprint density at radius 3 is 2.61 bits per heavy atom. The first-order chi connectivity index (χ1) is 13.7. The van der Waals surface area contributed by atoms with E-state index in [2.05, 4.69) is 5.32 Å². The summed E-state index contributed by atoms with van der Waals surface area (Å²) in [6.45, 7) is 5.02. The number of ether oxygens (including phenoxy) is 2. The lowest BCUT2D eigenvalue weighted by molar-refractivity contribution is 0.0794. The van der Waals surface area contributed by atoms with Crippen molar-refractivity contribution in [1.29, 1.82) is 0 Å². The second-order valence-electron chi connectivity index (χ2n) is 6.57. The Labute approximate surface area is 165 Å². The SMILES string of the molecule is CCOCCOc1cccc(C(=O)Nc2ccccc2C(=O)N2CCCC2)c1. The highest BCUT2D eigenvalue weighted by Crippen LogP contribution is 2.21. The number of hydrogen-bond acceptors (Lipinski definition) is 4. The van der Waals surface area contributed by atoms with Crippen molar-refractivity contribution >= 4 is 17.5 Å². The zero-order valence-corrected chi connectivity index (χ0v) is 16.1. The largest absolute Gasteiger partial charge is 0.491 e. The standard InChI is InChI=1S/C22H26N2O4/c1-2-27-14-15-28-18-9-7-8-17(16-18)21(25)23-20-11-4-3-10-19(20)22(26)24-12-5-6-13-24/h3-4,7-11,16H,2,5-6,12-15H2,1H3,(H,23,25). The van der Waals surface area contributed by atoms with E-state index in [-0.39, 0.29) is 11.8 Å². The van der Waals surface area contributed by atoms with Crippen molar-refractivity contribution in [2.75, 3.05) is 38.2 Å². The quantitative estimate of drug-likeness (QED) is 0.709. The fraction of sp³-hybridized carbons (Fsp3) is 0.364. The van der Waals surface area contributed by atoms with Gasteiger partial charge >= 0.3 is 0 Å². The second-order valence-corrected chi connectivity index (χ2v) is 6.57. The lowest BCUT2D eigenvalue weighted by atomic mass is 10.1. The van der Waals surface area contributed by atoms with Crippen LogP contribution in [0.5, 0.6) is 5.75 Å². The molecule has 28 heavy (non-hydrogen) atoms. The van der Waals surface area contributed by atoms with E-state index in [1.54, 1.807) is 36.4 Å². The third-order valence-electron chi connectivity index (χ3n) is 4.60. The Morgan fingerprint density at radius 1 is 1.04 bits per heavy atom. The van der Waals surface area contributed by atoms with Crippen molar-refractivity contribution < 1.29 is 19.1 Å². The van der Waals surface area contributed by atoms with Crippen molar-refractivity contribution in [2.24, 2.45) is 0 Å². The number of carbonyl (C=O) groups is 2. The van der Waals surface area contributed by atoms with Crippen LogP contribution in [0.3, 0.4) is 0 Å². The van der Waals surface area contributed by atoms with Crippen LogP contribution in [-0.2, 0) is 4.74 Å². The van der Waals surface area contributed by atoms with Crippen molar-refractivity contribution in [3.8, 4) is 5.75 Å². The summed E-state index contributed by atoms with van der Waals surface area (Å²) in [5.74, 6) is 0.284. The van der Waals surface area contributed by atoms with E-state index >= 15 is 0 Å². The first kappa shape index (κ1) is 19.9. The molecule has 6 nitrogen and oxygen atoms in total. The van der Waals surface area contributed by atoms with Crippen molar-refractivity contribution in [3.63, 3.8) is 0 Å². The monoisotopic (exact) mass is 382 g/mol. The normalized spacial score (nSPS) is 13.4. The Hall–Kier alpha value is -2.86. The molecule has 0 bridgehead atoms. The number of amides is 2. The predicted molar refractivity (Wildman–Crippen MR) is 108 cm³/mol. The highest BCUT2D eigenvalue weighted by Gasteiger charge is 2.22. The zero-order valence-electron chi connectivity index (χ0n) is 16.1. The number of anilines is 1. The van der Waals surface area contributed by atoms with Gasteiger partial charge < -0.3 is 19.7 Å². The van der Waals surface area contributed by atoms with Crippen LogP contribution in [0.15, 0.2) is 48.5 Å². The van der Waals surface area contributed by atoms with Gasteiger partial charge in [-0.1, -0.05) is 18.2 Å². The number of carbonyl (C=O) groups excluding carboxylic acids is 2. The van der Waals surface area contributed by atoms with Crippen LogP contribution in [0.4, 0.5) is 5.69 Å². The molecule has 1 saturated heterocycles. The molecule has 0 radical (unpaired) electrons. The van der Waals surface area contributed by atoms with Crippen LogP contribution in [0.25, 0.3) is 0 Å². The number of benzene rings is 2. The van der Waals surface area contributed by atoms with Crippen molar-refractivity contribution in [2.45, 2.75) is 19.8 Å². The van der Waals surface area contributed by atoms with E-state index < -0.39 is 0 Å². The molecule has 148 valence electrons. The Bertz CT molecular complexity index is 816. The Balaban J connectivity index is 1.69. The van der Waals surface area contributed by atoms with Gasteiger partial charge in [0, 0.05) is 25.3 Å². The van der Waals surface area contributed by atoms with E-state index in [0.717, 1.165) is 25.9 Å². The molecule has 1 aliphatic heterocycles. The molecule has 0 atom stereocenters. The fourth-order valence-corrected chi connectivity index (χ4v) is 3.15. The number of para-hydroxylation sites is 1. The highest BCUT2D eigenvalue weighted by atomic mass is 16.5. The molecule has 1 fully saturated rings. The molecule has 3 rings (SSSR count). The fourth-order valence-electron chi connectivity index (χ4n) is 3.15. The van der Waals surface area contributed by atoms with Crippen molar-refractivity contribution in [3.05, 3.63) is 59.7 Å². The van der Waals surface area contributed by atoms with Crippen molar-refractivity contribution in [1.82, 2.24) is 4.90 Å². The minimum absolute atomic E-state index is 0.0404. The maximum atomic E-state index is 12.8. The van der Waals surface area contributed by atoms with E-state index in [9.17, 15) is 9.59 Å². The summed E-state index contributed by atoms with van der Waals surface area (Å²) in [5.41, 5.74) is 1.51. The first-order valence-corrected chi connectivity index (χ1v) is 9.69. The number of hydrogen-bond donors (Lipinski definition) is 1. The minimum Gasteiger partial charge on any atom is -0.491 e. The lowest BCUT2D eigenvalue weighted by Gasteiger charge is -2.18. The van der Waals surface area contributed by atoms with Gasteiger partial charge in [0.1, 0.15) is 12.4 Å². The summed E-state index contributed by atoms with van der Waals surface area (Å²) < 4.78 is 10.9. The minimum atomic E-state index is -0.281. The number of likely N-dealkylation sites (tertiary alicyclic amines) is 1. The van der Waals surface area contributed by atoms with Crippen LogP contribution in [0.1, 0.15) is 40.5 Å². The topological polar surface area (TPSA) is 67.9 Å². The van der Waals surface area contributed by atoms with E-state index in [0.29, 0.717) is 42.4 Å². The van der Waals surface area contributed by atoms with Gasteiger partial charge in [-0.25, -0.2) is 0 Å². The predicted octanol–water partition coefficient (Wildman–Crippen LogP) is 3.59. The van der Waals surface area contributed by atoms with Gasteiger partial charge in [-0.15, -0.1) is 0 Å². The Kier molecular flexibility index (Phi) is 7.03. The third kappa shape index (κ3) is 5.10. The molecule has 0 aliphatic carbocycles.